The SMILES string of the molecule is Cc1nc(CNC2CCCN(C(=O)OC(C)(C)C)C2)no1. The number of carbonyl (C=O) groups is 1. The Labute approximate surface area is 125 Å². The first-order chi connectivity index (χ1) is 9.83. The first kappa shape index (κ1) is 15.8. The molecule has 0 bridgehead atoms. The summed E-state index contributed by atoms with van der Waals surface area (Å²) in [5, 5.41) is 7.21. The molecule has 1 N–H and O–H groups in total. The summed E-state index contributed by atoms with van der Waals surface area (Å²) in [5.41, 5.74) is -0.459. The van der Waals surface area contributed by atoms with E-state index in [4.69, 9.17) is 9.26 Å². The number of rotatable bonds is 3. The van der Waals surface area contributed by atoms with Crippen LogP contribution in [-0.2, 0) is 11.3 Å². The topological polar surface area (TPSA) is 80.5 Å². The summed E-state index contributed by atoms with van der Waals surface area (Å²) in [7, 11) is 0. The van der Waals surface area contributed by atoms with Gasteiger partial charge in [0.05, 0.1) is 6.54 Å². The van der Waals surface area contributed by atoms with E-state index in [2.05, 4.69) is 15.5 Å². The second-order valence-electron chi connectivity index (χ2n) is 6.38. The van der Waals surface area contributed by atoms with E-state index in [0.29, 0.717) is 24.8 Å². The molecule has 1 aromatic rings. The number of hydrogen-bond donors (Lipinski definition) is 1. The van der Waals surface area contributed by atoms with Crippen LogP contribution in [0, 0.1) is 6.92 Å². The third-order valence-corrected chi connectivity index (χ3v) is 3.19. The Balaban J connectivity index is 1.81. The molecule has 2 rings (SSSR count). The van der Waals surface area contributed by atoms with Gasteiger partial charge >= 0.3 is 6.09 Å². The van der Waals surface area contributed by atoms with Crippen LogP contribution in [0.25, 0.3) is 0 Å². The molecule has 0 spiro atoms. The number of nitrogens with zero attached hydrogens (tertiary/aromatic N) is 3. The van der Waals surface area contributed by atoms with Crippen molar-refractivity contribution in [1.29, 1.82) is 0 Å². The maximum Gasteiger partial charge on any atom is 0.410 e. The zero-order chi connectivity index (χ0) is 15.5. The van der Waals surface area contributed by atoms with E-state index in [1.807, 2.05) is 20.8 Å². The maximum atomic E-state index is 12.1. The van der Waals surface area contributed by atoms with Crippen molar-refractivity contribution in [2.45, 2.75) is 58.7 Å². The number of aryl methyl sites for hydroxylation is 1. The smallest absolute Gasteiger partial charge is 0.410 e. The molecular weight excluding hydrogens is 272 g/mol. The van der Waals surface area contributed by atoms with Crippen molar-refractivity contribution in [1.82, 2.24) is 20.4 Å². The molecule has 0 radical (unpaired) electrons. The Morgan fingerprint density at radius 2 is 2.29 bits per heavy atom. The molecule has 1 amide bonds. The van der Waals surface area contributed by atoms with E-state index in [-0.39, 0.29) is 12.1 Å². The van der Waals surface area contributed by atoms with Crippen molar-refractivity contribution >= 4 is 6.09 Å². The van der Waals surface area contributed by atoms with Gasteiger partial charge in [0.25, 0.3) is 0 Å². The van der Waals surface area contributed by atoms with Gasteiger partial charge in [0.1, 0.15) is 5.60 Å². The Morgan fingerprint density at radius 3 is 2.90 bits per heavy atom. The molecule has 1 unspecified atom stereocenters. The van der Waals surface area contributed by atoms with E-state index < -0.39 is 5.60 Å². The van der Waals surface area contributed by atoms with Crippen LogP contribution in [0.3, 0.4) is 0 Å². The van der Waals surface area contributed by atoms with Crippen LogP contribution >= 0.6 is 0 Å². The van der Waals surface area contributed by atoms with E-state index in [0.717, 1.165) is 19.4 Å². The van der Waals surface area contributed by atoms with Crippen molar-refractivity contribution in [2.24, 2.45) is 0 Å². The number of nitrogens with one attached hydrogen (secondary N) is 1. The molecule has 1 atom stereocenters. The normalized spacial score (nSPS) is 19.6. The summed E-state index contributed by atoms with van der Waals surface area (Å²) in [6.45, 7) is 9.33. The lowest BCUT2D eigenvalue weighted by Crippen LogP contribution is -2.49. The van der Waals surface area contributed by atoms with Gasteiger partial charge in [-0.25, -0.2) is 4.79 Å². The molecule has 0 aromatic carbocycles. The van der Waals surface area contributed by atoms with Gasteiger partial charge in [0.2, 0.25) is 5.89 Å². The highest BCUT2D eigenvalue weighted by atomic mass is 16.6. The zero-order valence-corrected chi connectivity index (χ0v) is 13.2. The van der Waals surface area contributed by atoms with Gasteiger partial charge in [0, 0.05) is 26.1 Å². The fraction of sp³-hybridized carbons (Fsp3) is 0.786. The minimum absolute atomic E-state index is 0.227. The van der Waals surface area contributed by atoms with Crippen LogP contribution in [0.2, 0.25) is 0 Å². The van der Waals surface area contributed by atoms with E-state index in [1.54, 1.807) is 11.8 Å². The van der Waals surface area contributed by atoms with Gasteiger partial charge in [0.15, 0.2) is 5.82 Å². The lowest BCUT2D eigenvalue weighted by molar-refractivity contribution is 0.0187. The Morgan fingerprint density at radius 1 is 1.52 bits per heavy atom. The van der Waals surface area contributed by atoms with Crippen LogP contribution in [-0.4, -0.2) is 45.9 Å². The van der Waals surface area contributed by atoms with Gasteiger partial charge in [-0.15, -0.1) is 0 Å². The van der Waals surface area contributed by atoms with Crippen LogP contribution < -0.4 is 5.32 Å². The summed E-state index contributed by atoms with van der Waals surface area (Å²) in [5.74, 6) is 1.20. The number of likely N-dealkylation sites (tertiary alicyclic amines) is 1. The molecule has 7 nitrogen and oxygen atoms in total. The summed E-state index contributed by atoms with van der Waals surface area (Å²) >= 11 is 0. The van der Waals surface area contributed by atoms with Crippen molar-refractivity contribution in [3.05, 3.63) is 11.7 Å². The first-order valence-electron chi connectivity index (χ1n) is 7.34. The van der Waals surface area contributed by atoms with Gasteiger partial charge in [-0.1, -0.05) is 5.16 Å². The van der Waals surface area contributed by atoms with Crippen molar-refractivity contribution in [3.63, 3.8) is 0 Å². The number of carbonyl (C=O) groups excluding carboxylic acids is 1. The molecule has 7 heteroatoms. The fourth-order valence-electron chi connectivity index (χ4n) is 2.28. The van der Waals surface area contributed by atoms with Crippen LogP contribution in [0.1, 0.15) is 45.3 Å². The van der Waals surface area contributed by atoms with Crippen LogP contribution in [0.4, 0.5) is 4.79 Å². The maximum absolute atomic E-state index is 12.1. The van der Waals surface area contributed by atoms with Gasteiger partial charge in [-0.3, -0.25) is 0 Å². The van der Waals surface area contributed by atoms with Gasteiger partial charge in [-0.2, -0.15) is 4.98 Å². The highest BCUT2D eigenvalue weighted by molar-refractivity contribution is 5.68. The second-order valence-corrected chi connectivity index (χ2v) is 6.38. The molecule has 21 heavy (non-hydrogen) atoms. The van der Waals surface area contributed by atoms with Crippen LogP contribution in [0.15, 0.2) is 4.52 Å². The number of ether oxygens (including phenoxy) is 1. The lowest BCUT2D eigenvalue weighted by atomic mass is 10.1. The molecule has 0 aliphatic carbocycles. The minimum atomic E-state index is -0.459. The quantitative estimate of drug-likeness (QED) is 0.917. The average molecular weight is 296 g/mol. The highest BCUT2D eigenvalue weighted by Gasteiger charge is 2.27. The predicted molar refractivity (Wildman–Crippen MR) is 76.7 cm³/mol. The Kier molecular flexibility index (Phi) is 4.82. The summed E-state index contributed by atoms with van der Waals surface area (Å²) < 4.78 is 10.3. The van der Waals surface area contributed by atoms with Crippen LogP contribution in [0.5, 0.6) is 0 Å². The summed E-state index contributed by atoms with van der Waals surface area (Å²) in [6, 6.07) is 0.227. The molecule has 1 saturated heterocycles. The third-order valence-electron chi connectivity index (χ3n) is 3.19. The van der Waals surface area contributed by atoms with Crippen molar-refractivity contribution in [3.8, 4) is 0 Å². The number of hydrogen-bond acceptors (Lipinski definition) is 6. The first-order valence-corrected chi connectivity index (χ1v) is 7.34. The molecular formula is C14H24N4O3. The predicted octanol–water partition coefficient (Wildman–Crippen LogP) is 1.87. The van der Waals surface area contributed by atoms with E-state index in [9.17, 15) is 4.79 Å². The largest absolute Gasteiger partial charge is 0.444 e. The highest BCUT2D eigenvalue weighted by Crippen LogP contribution is 2.15. The summed E-state index contributed by atoms with van der Waals surface area (Å²) in [6.07, 6.45) is 1.74. The number of amides is 1. The lowest BCUT2D eigenvalue weighted by Gasteiger charge is -2.34. The van der Waals surface area contributed by atoms with Gasteiger partial charge < -0.3 is 19.5 Å². The summed E-state index contributed by atoms with van der Waals surface area (Å²) in [4.78, 5) is 18.0. The monoisotopic (exact) mass is 296 g/mol. The molecule has 1 aliphatic rings. The van der Waals surface area contributed by atoms with Gasteiger partial charge in [-0.05, 0) is 33.6 Å². The molecule has 1 fully saturated rings. The van der Waals surface area contributed by atoms with Crippen molar-refractivity contribution < 1.29 is 14.1 Å². The average Bonchev–Trinajstić information content (AvgIpc) is 2.81. The minimum Gasteiger partial charge on any atom is -0.444 e. The van der Waals surface area contributed by atoms with E-state index >= 15 is 0 Å². The molecule has 2 heterocycles. The standard InChI is InChI=1S/C14H24N4O3/c1-10-16-12(17-21-10)8-15-11-6-5-7-18(9-11)13(19)20-14(2,3)4/h11,15H,5-9H2,1-4H3. The third kappa shape index (κ3) is 5.00. The van der Waals surface area contributed by atoms with Crippen molar-refractivity contribution in [2.75, 3.05) is 13.1 Å². The Bertz CT molecular complexity index is 481. The molecule has 1 aliphatic heterocycles. The fourth-order valence-corrected chi connectivity index (χ4v) is 2.28. The molecule has 0 saturated carbocycles. The molecule has 118 valence electrons. The van der Waals surface area contributed by atoms with E-state index in [1.165, 1.54) is 0 Å². The molecule has 1 aromatic heterocycles. The second kappa shape index (κ2) is 6.43. The zero-order valence-electron chi connectivity index (χ0n) is 13.2. The number of piperidine rings is 1. The Hall–Kier alpha value is -1.63. The number of aromatic nitrogens is 2.